The molecule has 0 radical (unpaired) electrons. The number of carbonyl (C=O) groups is 1. The van der Waals surface area contributed by atoms with Crippen molar-refractivity contribution < 1.29 is 4.79 Å². The van der Waals surface area contributed by atoms with Crippen LogP contribution < -0.4 is 9.80 Å². The highest BCUT2D eigenvalue weighted by molar-refractivity contribution is 6.08. The zero-order valence-corrected chi connectivity index (χ0v) is 17.7. The van der Waals surface area contributed by atoms with Crippen LogP contribution in [0, 0.1) is 29.6 Å². The van der Waals surface area contributed by atoms with Crippen molar-refractivity contribution in [3.8, 4) is 12.1 Å². The quantitative estimate of drug-likeness (QED) is 0.560. The third-order valence-corrected chi connectivity index (χ3v) is 5.80. The minimum Gasteiger partial charge on any atom is -0.286 e. The lowest BCUT2D eigenvalue weighted by Gasteiger charge is -2.35. The summed E-state index contributed by atoms with van der Waals surface area (Å²) in [5.41, 5.74) is 4.01. The zero-order chi connectivity index (χ0) is 22.2. The third kappa shape index (κ3) is 3.41. The van der Waals surface area contributed by atoms with Crippen LogP contribution in [0.15, 0.2) is 72.8 Å². The topological polar surface area (TPSA) is 71.1 Å². The molecule has 0 spiro atoms. The van der Waals surface area contributed by atoms with Gasteiger partial charge in [0.05, 0.1) is 34.8 Å². The second-order valence-electron chi connectivity index (χ2n) is 8.28. The van der Waals surface area contributed by atoms with Gasteiger partial charge >= 0.3 is 6.03 Å². The summed E-state index contributed by atoms with van der Waals surface area (Å²) in [6.07, 6.45) is 0. The number of amides is 2. The van der Waals surface area contributed by atoms with Gasteiger partial charge in [0.1, 0.15) is 0 Å². The van der Waals surface area contributed by atoms with E-state index in [1.54, 1.807) is 35.2 Å². The molecule has 0 aromatic heterocycles. The lowest BCUT2D eigenvalue weighted by molar-refractivity contribution is 0.254. The van der Waals surface area contributed by atoms with Crippen molar-refractivity contribution in [1.29, 1.82) is 10.5 Å². The summed E-state index contributed by atoms with van der Waals surface area (Å²) in [6.45, 7) is 6.09. The van der Waals surface area contributed by atoms with Gasteiger partial charge in [-0.15, -0.1) is 0 Å². The molecule has 3 aromatic carbocycles. The van der Waals surface area contributed by atoms with E-state index in [1.165, 1.54) is 0 Å². The van der Waals surface area contributed by atoms with Gasteiger partial charge < -0.3 is 0 Å². The van der Waals surface area contributed by atoms with E-state index in [0.29, 0.717) is 16.8 Å². The van der Waals surface area contributed by atoms with Gasteiger partial charge in [0.2, 0.25) is 0 Å². The van der Waals surface area contributed by atoms with E-state index in [2.05, 4.69) is 12.1 Å². The van der Waals surface area contributed by atoms with Gasteiger partial charge in [-0.3, -0.25) is 9.80 Å². The molecule has 2 amide bonds. The van der Waals surface area contributed by atoms with Gasteiger partial charge in [0.15, 0.2) is 0 Å². The summed E-state index contributed by atoms with van der Waals surface area (Å²) in [5, 5.41) is 18.6. The molecule has 152 valence electrons. The number of rotatable bonds is 3. The maximum atomic E-state index is 13.8. The van der Waals surface area contributed by atoms with E-state index in [1.807, 2.05) is 68.1 Å². The predicted octanol–water partition coefficient (Wildman–Crippen LogP) is 5.70. The molecule has 31 heavy (non-hydrogen) atoms. The lowest BCUT2D eigenvalue weighted by atomic mass is 9.87. The van der Waals surface area contributed by atoms with Crippen LogP contribution in [-0.4, -0.2) is 11.6 Å². The van der Waals surface area contributed by atoms with Crippen LogP contribution in [0.1, 0.15) is 42.1 Å². The Morgan fingerprint density at radius 1 is 0.839 bits per heavy atom. The number of benzene rings is 3. The molecule has 1 aliphatic rings. The minimum atomic E-state index is -0.603. The molecule has 0 bridgehead atoms. The van der Waals surface area contributed by atoms with E-state index in [9.17, 15) is 10.1 Å². The molecule has 1 heterocycles. The Morgan fingerprint density at radius 3 is 2.06 bits per heavy atom. The van der Waals surface area contributed by atoms with E-state index in [4.69, 9.17) is 5.26 Å². The van der Waals surface area contributed by atoms with Crippen molar-refractivity contribution in [2.24, 2.45) is 0 Å². The van der Waals surface area contributed by atoms with E-state index in [-0.39, 0.29) is 12.1 Å². The molecule has 5 heteroatoms. The maximum absolute atomic E-state index is 13.8. The second kappa shape index (κ2) is 7.63. The highest BCUT2D eigenvalue weighted by Crippen LogP contribution is 2.47. The van der Waals surface area contributed by atoms with Crippen LogP contribution >= 0.6 is 0 Å². The summed E-state index contributed by atoms with van der Waals surface area (Å²) < 4.78 is 0. The first-order valence-corrected chi connectivity index (χ1v) is 10.1. The summed E-state index contributed by atoms with van der Waals surface area (Å²) in [5.74, 6) is 0. The first kappa shape index (κ1) is 20.2. The summed E-state index contributed by atoms with van der Waals surface area (Å²) in [7, 11) is 0. The first-order valence-electron chi connectivity index (χ1n) is 10.1. The molecular formula is C26H22N4O. The standard InChI is InChI=1S/C26H22N4O/c1-18-7-11-23(12-8-18)30-25(31)29(22-13-9-19(16-27)10-14-22)24(26(30,2)3)21-6-4-5-20(15-21)17-28/h4-15,24H,1-3H3/t24-/m1/s1. The molecule has 1 atom stereocenters. The predicted molar refractivity (Wildman–Crippen MR) is 121 cm³/mol. The van der Waals surface area contributed by atoms with Crippen molar-refractivity contribution in [3.05, 3.63) is 95.1 Å². The fourth-order valence-electron chi connectivity index (χ4n) is 4.33. The largest absolute Gasteiger partial charge is 0.330 e. The molecule has 4 rings (SSSR count). The van der Waals surface area contributed by atoms with Crippen LogP contribution in [0.3, 0.4) is 0 Å². The Hall–Kier alpha value is -4.09. The number of aryl methyl sites for hydroxylation is 1. The Balaban J connectivity index is 1.90. The van der Waals surface area contributed by atoms with E-state index < -0.39 is 5.54 Å². The van der Waals surface area contributed by atoms with E-state index in [0.717, 1.165) is 16.8 Å². The van der Waals surface area contributed by atoms with Crippen LogP contribution in [0.5, 0.6) is 0 Å². The molecule has 0 aliphatic carbocycles. The fourth-order valence-corrected chi connectivity index (χ4v) is 4.33. The third-order valence-electron chi connectivity index (χ3n) is 5.80. The van der Waals surface area contributed by atoms with E-state index >= 15 is 0 Å². The average molecular weight is 406 g/mol. The van der Waals surface area contributed by atoms with Gasteiger partial charge in [0.25, 0.3) is 0 Å². The van der Waals surface area contributed by atoms with Gasteiger partial charge in [0, 0.05) is 11.4 Å². The van der Waals surface area contributed by atoms with Gasteiger partial charge in [-0.1, -0.05) is 29.8 Å². The highest BCUT2D eigenvalue weighted by Gasteiger charge is 2.53. The number of carbonyl (C=O) groups excluding carboxylic acids is 1. The first-order chi connectivity index (χ1) is 14.9. The average Bonchev–Trinajstić information content (AvgIpc) is 2.99. The Bertz CT molecular complexity index is 1210. The Kier molecular flexibility index (Phi) is 4.97. The number of urea groups is 1. The molecular weight excluding hydrogens is 384 g/mol. The van der Waals surface area contributed by atoms with Gasteiger partial charge in [-0.2, -0.15) is 10.5 Å². The van der Waals surface area contributed by atoms with Crippen molar-refractivity contribution in [1.82, 2.24) is 0 Å². The SMILES string of the molecule is Cc1ccc(N2C(=O)N(c3ccc(C#N)cc3)[C@H](c3cccc(C#N)c3)C2(C)C)cc1. The molecule has 5 nitrogen and oxygen atoms in total. The van der Waals surface area contributed by atoms with Crippen LogP contribution in [0.2, 0.25) is 0 Å². The van der Waals surface area contributed by atoms with Crippen molar-refractivity contribution in [2.75, 3.05) is 9.80 Å². The molecule has 3 aromatic rings. The smallest absolute Gasteiger partial charge is 0.286 e. The fraction of sp³-hybridized carbons (Fsp3) is 0.192. The normalized spacial score (nSPS) is 17.3. The summed E-state index contributed by atoms with van der Waals surface area (Å²) in [6, 6.07) is 26.2. The molecule has 0 unspecified atom stereocenters. The van der Waals surface area contributed by atoms with Crippen LogP contribution in [0.4, 0.5) is 16.2 Å². The van der Waals surface area contributed by atoms with Crippen LogP contribution in [-0.2, 0) is 0 Å². The number of hydrogen-bond donors (Lipinski definition) is 0. The number of hydrogen-bond acceptors (Lipinski definition) is 3. The van der Waals surface area contributed by atoms with Gasteiger partial charge in [-0.25, -0.2) is 4.79 Å². The molecule has 0 saturated carbocycles. The van der Waals surface area contributed by atoms with Crippen molar-refractivity contribution >= 4 is 17.4 Å². The maximum Gasteiger partial charge on any atom is 0.330 e. The second-order valence-corrected chi connectivity index (χ2v) is 8.28. The number of nitrogens with zero attached hydrogens (tertiary/aromatic N) is 4. The summed E-state index contributed by atoms with van der Waals surface area (Å²) >= 11 is 0. The van der Waals surface area contributed by atoms with Gasteiger partial charge in [-0.05, 0) is 74.9 Å². The lowest BCUT2D eigenvalue weighted by Crippen LogP contribution is -2.43. The minimum absolute atomic E-state index is 0.147. The number of nitriles is 2. The monoisotopic (exact) mass is 406 g/mol. The highest BCUT2D eigenvalue weighted by atomic mass is 16.2. The Morgan fingerprint density at radius 2 is 1.45 bits per heavy atom. The Labute approximate surface area is 182 Å². The van der Waals surface area contributed by atoms with Crippen LogP contribution in [0.25, 0.3) is 0 Å². The summed E-state index contributed by atoms with van der Waals surface area (Å²) in [4.78, 5) is 17.4. The van der Waals surface area contributed by atoms with Crippen molar-refractivity contribution in [2.45, 2.75) is 32.4 Å². The molecule has 1 fully saturated rings. The molecule has 1 saturated heterocycles. The van der Waals surface area contributed by atoms with Crippen molar-refractivity contribution in [3.63, 3.8) is 0 Å². The number of anilines is 2. The zero-order valence-electron chi connectivity index (χ0n) is 17.7. The molecule has 0 N–H and O–H groups in total. The molecule has 1 aliphatic heterocycles.